The first-order chi connectivity index (χ1) is 10.7. The molecule has 1 heterocycles. The lowest BCUT2D eigenvalue weighted by atomic mass is 9.96. The van der Waals surface area contributed by atoms with Crippen molar-refractivity contribution in [2.75, 3.05) is 6.54 Å². The second kappa shape index (κ2) is 6.18. The average molecular weight is 291 g/mol. The van der Waals surface area contributed by atoms with Crippen molar-refractivity contribution < 1.29 is 4.79 Å². The van der Waals surface area contributed by atoms with Gasteiger partial charge in [0.25, 0.3) is 5.91 Å². The molecule has 1 aliphatic rings. The van der Waals surface area contributed by atoms with E-state index in [-0.39, 0.29) is 11.9 Å². The van der Waals surface area contributed by atoms with Gasteiger partial charge in [-0.3, -0.25) is 4.79 Å². The largest absolute Gasteiger partial charge is 0.332 e. The van der Waals surface area contributed by atoms with Crippen molar-refractivity contribution >= 4 is 11.5 Å². The molecule has 1 aliphatic heterocycles. The molecule has 0 aliphatic carbocycles. The van der Waals surface area contributed by atoms with Crippen LogP contribution in [0.25, 0.3) is 5.57 Å². The Morgan fingerprint density at radius 1 is 1.00 bits per heavy atom. The zero-order valence-corrected chi connectivity index (χ0v) is 13.1. The predicted octanol–water partition coefficient (Wildman–Crippen LogP) is 4.37. The fourth-order valence-corrected chi connectivity index (χ4v) is 3.14. The van der Waals surface area contributed by atoms with Crippen LogP contribution in [-0.2, 0) is 4.79 Å². The molecule has 0 N–H and O–H groups in total. The molecule has 2 aromatic rings. The highest BCUT2D eigenvalue weighted by Crippen LogP contribution is 2.30. The van der Waals surface area contributed by atoms with Crippen molar-refractivity contribution in [2.45, 2.75) is 26.3 Å². The smallest absolute Gasteiger partial charge is 0.254 e. The summed E-state index contributed by atoms with van der Waals surface area (Å²) in [6.07, 6.45) is 2.98. The van der Waals surface area contributed by atoms with Crippen LogP contribution in [0, 0.1) is 6.92 Å². The Morgan fingerprint density at radius 3 is 2.41 bits per heavy atom. The van der Waals surface area contributed by atoms with Gasteiger partial charge in [0.05, 0.1) is 6.04 Å². The van der Waals surface area contributed by atoms with Gasteiger partial charge in [-0.1, -0.05) is 60.7 Å². The molecule has 0 aromatic heterocycles. The fourth-order valence-electron chi connectivity index (χ4n) is 3.14. The van der Waals surface area contributed by atoms with Crippen molar-refractivity contribution in [2.24, 2.45) is 0 Å². The van der Waals surface area contributed by atoms with Crippen LogP contribution in [0.5, 0.6) is 0 Å². The Hall–Kier alpha value is -2.35. The van der Waals surface area contributed by atoms with Crippen LogP contribution in [0.3, 0.4) is 0 Å². The van der Waals surface area contributed by atoms with E-state index in [1.807, 2.05) is 47.4 Å². The molecule has 22 heavy (non-hydrogen) atoms. The molecule has 0 saturated carbocycles. The Labute approximate surface area is 132 Å². The minimum absolute atomic E-state index is 0.0983. The van der Waals surface area contributed by atoms with Gasteiger partial charge >= 0.3 is 0 Å². The van der Waals surface area contributed by atoms with E-state index in [0.717, 1.165) is 24.1 Å². The summed E-state index contributed by atoms with van der Waals surface area (Å²) in [5.41, 5.74) is 4.30. The fraction of sp³-hybridized carbons (Fsp3) is 0.250. The molecule has 0 bridgehead atoms. The first-order valence-corrected chi connectivity index (χ1v) is 7.80. The van der Waals surface area contributed by atoms with Crippen LogP contribution in [0.15, 0.2) is 60.7 Å². The predicted molar refractivity (Wildman–Crippen MR) is 90.3 cm³/mol. The summed E-state index contributed by atoms with van der Waals surface area (Å²) >= 11 is 0. The third kappa shape index (κ3) is 2.69. The van der Waals surface area contributed by atoms with E-state index in [9.17, 15) is 4.79 Å². The van der Waals surface area contributed by atoms with Gasteiger partial charge in [-0.2, -0.15) is 0 Å². The van der Waals surface area contributed by atoms with Crippen molar-refractivity contribution in [3.8, 4) is 0 Å². The maximum absolute atomic E-state index is 12.9. The molecule has 1 unspecified atom stereocenters. The zero-order chi connectivity index (χ0) is 15.5. The summed E-state index contributed by atoms with van der Waals surface area (Å²) in [4.78, 5) is 14.9. The summed E-state index contributed by atoms with van der Waals surface area (Å²) in [6.45, 7) is 5.01. The number of carbonyl (C=O) groups is 1. The van der Waals surface area contributed by atoms with Crippen molar-refractivity contribution in [1.29, 1.82) is 0 Å². The number of nitrogens with zero attached hydrogens (tertiary/aromatic N) is 1. The number of amides is 1. The molecule has 2 heteroatoms. The highest BCUT2D eigenvalue weighted by Gasteiger charge is 2.27. The molecule has 0 fully saturated rings. The Kier molecular flexibility index (Phi) is 4.10. The van der Waals surface area contributed by atoms with Crippen LogP contribution < -0.4 is 0 Å². The third-order valence-corrected chi connectivity index (χ3v) is 4.40. The van der Waals surface area contributed by atoms with Crippen LogP contribution in [0.1, 0.15) is 36.1 Å². The molecule has 0 saturated heterocycles. The van der Waals surface area contributed by atoms with E-state index in [2.05, 4.69) is 32.1 Å². The van der Waals surface area contributed by atoms with Gasteiger partial charge in [-0.15, -0.1) is 0 Å². The number of benzene rings is 2. The summed E-state index contributed by atoms with van der Waals surface area (Å²) in [5, 5.41) is 0. The number of rotatable bonds is 3. The van der Waals surface area contributed by atoms with Gasteiger partial charge in [0.15, 0.2) is 0 Å². The lowest BCUT2D eigenvalue weighted by molar-refractivity contribution is -0.127. The topological polar surface area (TPSA) is 20.3 Å². The molecule has 0 radical (unpaired) electrons. The third-order valence-electron chi connectivity index (χ3n) is 4.40. The van der Waals surface area contributed by atoms with Crippen molar-refractivity contribution in [3.05, 3.63) is 77.4 Å². The maximum Gasteiger partial charge on any atom is 0.254 e. The van der Waals surface area contributed by atoms with E-state index in [1.54, 1.807) is 0 Å². The number of hydrogen-bond acceptors (Lipinski definition) is 1. The van der Waals surface area contributed by atoms with Crippen LogP contribution in [0.4, 0.5) is 0 Å². The van der Waals surface area contributed by atoms with Crippen LogP contribution >= 0.6 is 0 Å². The molecule has 3 rings (SSSR count). The van der Waals surface area contributed by atoms with E-state index < -0.39 is 0 Å². The Morgan fingerprint density at radius 2 is 1.68 bits per heavy atom. The quantitative estimate of drug-likeness (QED) is 0.822. The number of carbonyl (C=O) groups excluding carboxylic acids is 1. The van der Waals surface area contributed by atoms with Crippen molar-refractivity contribution in [1.82, 2.24) is 4.90 Å². The molecule has 112 valence electrons. The molecule has 1 atom stereocenters. The van der Waals surface area contributed by atoms with Crippen LogP contribution in [-0.4, -0.2) is 17.4 Å². The Bertz CT molecular complexity index is 703. The number of hydrogen-bond donors (Lipinski definition) is 0. The second-order valence-electron chi connectivity index (χ2n) is 5.80. The SMILES string of the molecule is Cc1ccccc1C(C)N1CCC=C(c2ccccc2)C1=O. The van der Waals surface area contributed by atoms with Gasteiger partial charge < -0.3 is 4.90 Å². The Balaban J connectivity index is 1.89. The van der Waals surface area contributed by atoms with Gasteiger partial charge in [0.1, 0.15) is 0 Å². The monoisotopic (exact) mass is 291 g/mol. The first kappa shape index (κ1) is 14.6. The summed E-state index contributed by atoms with van der Waals surface area (Å²) in [5.74, 6) is 0.133. The first-order valence-electron chi connectivity index (χ1n) is 7.80. The molecular formula is C20H21NO. The number of aryl methyl sites for hydroxylation is 1. The van der Waals surface area contributed by atoms with Crippen LogP contribution in [0.2, 0.25) is 0 Å². The molecule has 0 spiro atoms. The standard InChI is InChI=1S/C20H21NO/c1-15-9-6-7-12-18(15)16(2)21-14-8-13-19(20(21)22)17-10-4-3-5-11-17/h3-7,9-13,16H,8,14H2,1-2H3. The average Bonchev–Trinajstić information content (AvgIpc) is 2.56. The minimum Gasteiger partial charge on any atom is -0.332 e. The van der Waals surface area contributed by atoms with Gasteiger partial charge in [0, 0.05) is 12.1 Å². The van der Waals surface area contributed by atoms with Crippen molar-refractivity contribution in [3.63, 3.8) is 0 Å². The van der Waals surface area contributed by atoms with E-state index in [0.29, 0.717) is 0 Å². The summed E-state index contributed by atoms with van der Waals surface area (Å²) < 4.78 is 0. The minimum atomic E-state index is 0.0983. The molecule has 2 aromatic carbocycles. The lowest BCUT2D eigenvalue weighted by Gasteiger charge is -2.33. The second-order valence-corrected chi connectivity index (χ2v) is 5.80. The normalized spacial score (nSPS) is 16.4. The maximum atomic E-state index is 12.9. The van der Waals surface area contributed by atoms with E-state index in [4.69, 9.17) is 0 Å². The lowest BCUT2D eigenvalue weighted by Crippen LogP contribution is -2.37. The highest BCUT2D eigenvalue weighted by molar-refractivity contribution is 6.20. The van der Waals surface area contributed by atoms with E-state index >= 15 is 0 Å². The molecule has 2 nitrogen and oxygen atoms in total. The summed E-state index contributed by atoms with van der Waals surface area (Å²) in [6, 6.07) is 18.4. The van der Waals surface area contributed by atoms with Gasteiger partial charge in [-0.25, -0.2) is 0 Å². The highest BCUT2D eigenvalue weighted by atomic mass is 16.2. The summed E-state index contributed by atoms with van der Waals surface area (Å²) in [7, 11) is 0. The molecule has 1 amide bonds. The molecular weight excluding hydrogens is 270 g/mol. The van der Waals surface area contributed by atoms with Gasteiger partial charge in [0.2, 0.25) is 0 Å². The zero-order valence-electron chi connectivity index (χ0n) is 13.1. The van der Waals surface area contributed by atoms with Gasteiger partial charge in [-0.05, 0) is 37.0 Å². The van der Waals surface area contributed by atoms with E-state index in [1.165, 1.54) is 11.1 Å².